The van der Waals surface area contributed by atoms with Gasteiger partial charge in [0.1, 0.15) is 6.04 Å². The summed E-state index contributed by atoms with van der Waals surface area (Å²) in [5.74, 6) is 0.900. The molecule has 0 spiro atoms. The minimum absolute atomic E-state index is 0.0947. The highest BCUT2D eigenvalue weighted by Gasteiger charge is 2.40. The summed E-state index contributed by atoms with van der Waals surface area (Å²) in [6.07, 6.45) is 5.52. The molecule has 0 radical (unpaired) electrons. The van der Waals surface area contributed by atoms with E-state index < -0.39 is 0 Å². The Morgan fingerprint density at radius 3 is 2.12 bits per heavy atom. The Kier molecular flexibility index (Phi) is 6.27. The number of hydrogen-bond acceptors (Lipinski definition) is 4. The molecule has 5 rings (SSSR count). The van der Waals surface area contributed by atoms with Crippen molar-refractivity contribution >= 4 is 21.6 Å². The van der Waals surface area contributed by atoms with E-state index in [1.54, 1.807) is 0 Å². The average molecular weight is 502 g/mol. The second-order valence-corrected chi connectivity index (χ2v) is 9.76. The maximum absolute atomic E-state index is 4.65. The quantitative estimate of drug-likeness (QED) is 0.321. The number of aryl methyl sites for hydroxylation is 1. The van der Waals surface area contributed by atoms with Gasteiger partial charge in [-0.25, -0.2) is 4.68 Å². The SMILES string of the molecule is Cc1ccc(NC2(c3nnnn3C(c3ccccc3)c3ccccc3)CCCCC2)cc1Br. The van der Waals surface area contributed by atoms with Crippen molar-refractivity contribution in [2.75, 3.05) is 5.32 Å². The fourth-order valence-electron chi connectivity index (χ4n) is 4.93. The zero-order valence-corrected chi connectivity index (χ0v) is 20.4. The van der Waals surface area contributed by atoms with E-state index in [2.05, 4.69) is 110 Å². The smallest absolute Gasteiger partial charge is 0.177 e. The summed E-state index contributed by atoms with van der Waals surface area (Å²) < 4.78 is 3.14. The highest BCUT2D eigenvalue weighted by molar-refractivity contribution is 9.10. The number of halogens is 1. The second kappa shape index (κ2) is 9.48. The number of hydrogen-bond donors (Lipinski definition) is 1. The minimum Gasteiger partial charge on any atom is -0.373 e. The van der Waals surface area contributed by atoms with Gasteiger partial charge in [0.25, 0.3) is 0 Å². The van der Waals surface area contributed by atoms with Crippen LogP contribution in [0.25, 0.3) is 0 Å². The van der Waals surface area contributed by atoms with Gasteiger partial charge in [-0.05, 0) is 59.0 Å². The van der Waals surface area contributed by atoms with E-state index in [1.165, 1.54) is 23.1 Å². The lowest BCUT2D eigenvalue weighted by Crippen LogP contribution is -2.41. The van der Waals surface area contributed by atoms with E-state index in [1.807, 2.05) is 16.8 Å². The number of rotatable bonds is 6. The first kappa shape index (κ1) is 21.8. The molecule has 1 saturated carbocycles. The van der Waals surface area contributed by atoms with E-state index in [0.29, 0.717) is 0 Å². The van der Waals surface area contributed by atoms with Crippen LogP contribution in [0.4, 0.5) is 5.69 Å². The van der Waals surface area contributed by atoms with Gasteiger partial charge in [0.2, 0.25) is 0 Å². The van der Waals surface area contributed by atoms with Gasteiger partial charge in [-0.3, -0.25) is 0 Å². The van der Waals surface area contributed by atoms with E-state index in [9.17, 15) is 0 Å². The second-order valence-electron chi connectivity index (χ2n) is 8.90. The predicted octanol–water partition coefficient (Wildman–Crippen LogP) is 6.65. The molecule has 1 aliphatic carbocycles. The van der Waals surface area contributed by atoms with E-state index >= 15 is 0 Å². The van der Waals surface area contributed by atoms with Gasteiger partial charge >= 0.3 is 0 Å². The molecule has 1 heterocycles. The summed E-state index contributed by atoms with van der Waals surface area (Å²) in [7, 11) is 0. The Morgan fingerprint density at radius 2 is 1.52 bits per heavy atom. The number of anilines is 1. The lowest BCUT2D eigenvalue weighted by molar-refractivity contribution is 0.298. The monoisotopic (exact) mass is 501 g/mol. The molecule has 0 saturated heterocycles. The fourth-order valence-corrected chi connectivity index (χ4v) is 5.31. The van der Waals surface area contributed by atoms with Crippen LogP contribution in [0.15, 0.2) is 83.3 Å². The number of nitrogens with zero attached hydrogens (tertiary/aromatic N) is 4. The summed E-state index contributed by atoms with van der Waals surface area (Å²) in [4.78, 5) is 0. The summed E-state index contributed by atoms with van der Waals surface area (Å²) in [6, 6.07) is 27.4. The van der Waals surface area contributed by atoms with Gasteiger partial charge < -0.3 is 5.32 Å². The van der Waals surface area contributed by atoms with Gasteiger partial charge in [-0.2, -0.15) is 0 Å². The largest absolute Gasteiger partial charge is 0.373 e. The predicted molar refractivity (Wildman–Crippen MR) is 135 cm³/mol. The molecule has 0 atom stereocenters. The minimum atomic E-state index is -0.321. The Balaban J connectivity index is 1.62. The lowest BCUT2D eigenvalue weighted by atomic mass is 9.80. The molecule has 168 valence electrons. The summed E-state index contributed by atoms with van der Waals surface area (Å²) >= 11 is 3.69. The summed E-state index contributed by atoms with van der Waals surface area (Å²) in [5, 5.41) is 17.3. The van der Waals surface area contributed by atoms with Gasteiger partial charge in [0.05, 0.1) is 5.54 Å². The molecule has 5 nitrogen and oxygen atoms in total. The van der Waals surface area contributed by atoms with Gasteiger partial charge in [0.15, 0.2) is 5.82 Å². The Labute approximate surface area is 203 Å². The van der Waals surface area contributed by atoms with Crippen LogP contribution in [0.3, 0.4) is 0 Å². The van der Waals surface area contributed by atoms with Crippen molar-refractivity contribution in [1.82, 2.24) is 20.2 Å². The van der Waals surface area contributed by atoms with Crippen LogP contribution in [-0.4, -0.2) is 20.2 Å². The van der Waals surface area contributed by atoms with Crippen LogP contribution in [-0.2, 0) is 5.54 Å². The van der Waals surface area contributed by atoms with Crippen LogP contribution in [0.1, 0.15) is 60.7 Å². The first-order chi connectivity index (χ1) is 16.2. The van der Waals surface area contributed by atoms with E-state index in [0.717, 1.165) is 41.7 Å². The van der Waals surface area contributed by atoms with E-state index in [4.69, 9.17) is 0 Å². The van der Waals surface area contributed by atoms with E-state index in [-0.39, 0.29) is 11.6 Å². The van der Waals surface area contributed by atoms with Crippen molar-refractivity contribution in [1.29, 1.82) is 0 Å². The molecule has 0 unspecified atom stereocenters. The van der Waals surface area contributed by atoms with Crippen molar-refractivity contribution in [2.45, 2.75) is 50.6 Å². The van der Waals surface area contributed by atoms with Crippen molar-refractivity contribution < 1.29 is 0 Å². The molecule has 1 fully saturated rings. The molecular weight excluding hydrogens is 474 g/mol. The molecule has 0 aliphatic heterocycles. The molecule has 4 aromatic rings. The molecule has 1 N–H and O–H groups in total. The molecule has 3 aromatic carbocycles. The molecule has 0 bridgehead atoms. The zero-order chi connectivity index (χ0) is 22.7. The van der Waals surface area contributed by atoms with Crippen molar-refractivity contribution in [3.8, 4) is 0 Å². The molecule has 6 heteroatoms. The molecule has 1 aromatic heterocycles. The van der Waals surface area contributed by atoms with Crippen LogP contribution < -0.4 is 5.32 Å². The number of aromatic nitrogens is 4. The fraction of sp³-hybridized carbons (Fsp3) is 0.296. The maximum atomic E-state index is 4.65. The third kappa shape index (κ3) is 4.44. The zero-order valence-electron chi connectivity index (χ0n) is 18.8. The van der Waals surface area contributed by atoms with Crippen LogP contribution in [0, 0.1) is 6.92 Å². The molecule has 1 aliphatic rings. The third-order valence-electron chi connectivity index (χ3n) is 6.66. The highest BCUT2D eigenvalue weighted by atomic mass is 79.9. The van der Waals surface area contributed by atoms with Crippen molar-refractivity contribution in [3.63, 3.8) is 0 Å². The Hall–Kier alpha value is -2.99. The lowest BCUT2D eigenvalue weighted by Gasteiger charge is -2.38. The first-order valence-corrected chi connectivity index (χ1v) is 12.4. The standard InChI is InChI=1S/C27H28BrN5/c1-20-15-16-23(19-24(20)28)29-27(17-9-4-10-18-27)26-30-31-32-33(26)25(21-11-5-2-6-12-21)22-13-7-3-8-14-22/h2-3,5-8,11-16,19,25,29H,4,9-10,17-18H2,1H3. The Morgan fingerprint density at radius 1 is 0.879 bits per heavy atom. The normalized spacial score (nSPS) is 15.5. The van der Waals surface area contributed by atoms with Crippen LogP contribution in [0.2, 0.25) is 0 Å². The van der Waals surface area contributed by atoms with Crippen LogP contribution in [0.5, 0.6) is 0 Å². The number of nitrogens with one attached hydrogen (secondary N) is 1. The van der Waals surface area contributed by atoms with Gasteiger partial charge in [-0.1, -0.05) is 102 Å². The number of tetrazole rings is 1. The highest BCUT2D eigenvalue weighted by Crippen LogP contribution is 2.41. The molecule has 33 heavy (non-hydrogen) atoms. The average Bonchev–Trinajstić information content (AvgIpc) is 3.34. The van der Waals surface area contributed by atoms with Crippen LogP contribution >= 0.6 is 15.9 Å². The topological polar surface area (TPSA) is 55.6 Å². The van der Waals surface area contributed by atoms with Gasteiger partial charge in [-0.15, -0.1) is 5.10 Å². The summed E-state index contributed by atoms with van der Waals surface area (Å²) in [5.41, 5.74) is 4.32. The third-order valence-corrected chi connectivity index (χ3v) is 7.51. The maximum Gasteiger partial charge on any atom is 0.177 e. The van der Waals surface area contributed by atoms with Crippen molar-refractivity contribution in [2.24, 2.45) is 0 Å². The van der Waals surface area contributed by atoms with Crippen molar-refractivity contribution in [3.05, 3.63) is 106 Å². The molecule has 0 amide bonds. The first-order valence-electron chi connectivity index (χ1n) is 11.6. The summed E-state index contributed by atoms with van der Waals surface area (Å²) in [6.45, 7) is 2.11. The molecular formula is C27H28BrN5. The Bertz CT molecular complexity index is 1160. The van der Waals surface area contributed by atoms with Gasteiger partial charge in [0, 0.05) is 10.2 Å². The number of benzene rings is 3.